The normalized spacial score (nSPS) is 17.4. The zero-order valence-corrected chi connectivity index (χ0v) is 12.0. The Kier molecular flexibility index (Phi) is 5.52. The fourth-order valence-electron chi connectivity index (χ4n) is 2.79. The zero-order valence-electron chi connectivity index (χ0n) is 12.0. The van der Waals surface area contributed by atoms with Gasteiger partial charge in [0.15, 0.2) is 0 Å². The third-order valence-electron chi connectivity index (χ3n) is 4.07. The van der Waals surface area contributed by atoms with Crippen LogP contribution in [0.4, 0.5) is 5.69 Å². The molecule has 106 valence electrons. The predicted octanol–water partition coefficient (Wildman–Crippen LogP) is 3.30. The molecule has 1 aromatic carbocycles. The molecule has 3 heteroatoms. The van der Waals surface area contributed by atoms with Crippen molar-refractivity contribution in [2.45, 2.75) is 44.6 Å². The topological polar surface area (TPSA) is 38.5 Å². The number of hydrogen-bond donors (Lipinski definition) is 1. The molecule has 0 radical (unpaired) electrons. The van der Waals surface area contributed by atoms with Crippen molar-refractivity contribution in [3.05, 3.63) is 24.3 Å². The second-order valence-electron chi connectivity index (χ2n) is 5.51. The number of nitrogens with zero attached hydrogens (tertiary/aromatic N) is 1. The molecule has 0 aromatic heterocycles. The van der Waals surface area contributed by atoms with Crippen LogP contribution in [0, 0.1) is 0 Å². The Morgan fingerprint density at radius 2 is 1.84 bits per heavy atom. The van der Waals surface area contributed by atoms with Gasteiger partial charge in [0.25, 0.3) is 0 Å². The van der Waals surface area contributed by atoms with Crippen molar-refractivity contribution in [3.63, 3.8) is 0 Å². The van der Waals surface area contributed by atoms with Gasteiger partial charge < -0.3 is 15.4 Å². The Morgan fingerprint density at radius 1 is 1.16 bits per heavy atom. The first-order valence-electron chi connectivity index (χ1n) is 7.45. The molecule has 2 N–H and O–H groups in total. The number of anilines is 1. The summed E-state index contributed by atoms with van der Waals surface area (Å²) in [5.41, 5.74) is 6.58. The van der Waals surface area contributed by atoms with E-state index in [-0.39, 0.29) is 0 Å². The van der Waals surface area contributed by atoms with Gasteiger partial charge in [-0.3, -0.25) is 0 Å². The van der Waals surface area contributed by atoms with E-state index in [2.05, 4.69) is 11.9 Å². The summed E-state index contributed by atoms with van der Waals surface area (Å²) >= 11 is 0. The second-order valence-corrected chi connectivity index (χ2v) is 5.51. The highest BCUT2D eigenvalue weighted by Gasteiger charge is 2.16. The average molecular weight is 262 g/mol. The van der Waals surface area contributed by atoms with Crippen LogP contribution in [0.5, 0.6) is 5.75 Å². The minimum Gasteiger partial charge on any atom is -0.490 e. The molecule has 0 amide bonds. The lowest BCUT2D eigenvalue weighted by atomic mass is 10.1. The van der Waals surface area contributed by atoms with Crippen molar-refractivity contribution in [1.82, 2.24) is 4.90 Å². The van der Waals surface area contributed by atoms with Gasteiger partial charge in [0.05, 0.1) is 5.69 Å². The SMILES string of the molecule is CN(CCOc1ccccc1N)C1CCCCCC1. The van der Waals surface area contributed by atoms with E-state index in [9.17, 15) is 0 Å². The van der Waals surface area contributed by atoms with Crippen LogP contribution in [0.15, 0.2) is 24.3 Å². The monoisotopic (exact) mass is 262 g/mol. The van der Waals surface area contributed by atoms with Gasteiger partial charge in [-0.25, -0.2) is 0 Å². The van der Waals surface area contributed by atoms with Crippen molar-refractivity contribution < 1.29 is 4.74 Å². The maximum Gasteiger partial charge on any atom is 0.142 e. The average Bonchev–Trinajstić information content (AvgIpc) is 2.70. The second kappa shape index (κ2) is 7.39. The number of para-hydroxylation sites is 2. The summed E-state index contributed by atoms with van der Waals surface area (Å²) in [6.45, 7) is 1.68. The molecule has 2 rings (SSSR count). The predicted molar refractivity (Wildman–Crippen MR) is 80.5 cm³/mol. The Morgan fingerprint density at radius 3 is 2.53 bits per heavy atom. The Hall–Kier alpha value is -1.22. The minimum absolute atomic E-state index is 0.710. The van der Waals surface area contributed by atoms with Gasteiger partial charge in [-0.1, -0.05) is 37.8 Å². The van der Waals surface area contributed by atoms with E-state index in [1.807, 2.05) is 24.3 Å². The van der Waals surface area contributed by atoms with Gasteiger partial charge in [0.2, 0.25) is 0 Å². The molecule has 0 spiro atoms. The molecule has 1 aromatic rings. The molecular weight excluding hydrogens is 236 g/mol. The van der Waals surface area contributed by atoms with Crippen LogP contribution in [0.3, 0.4) is 0 Å². The quantitative estimate of drug-likeness (QED) is 0.653. The molecule has 19 heavy (non-hydrogen) atoms. The van der Waals surface area contributed by atoms with Crippen LogP contribution in [0.25, 0.3) is 0 Å². The summed E-state index contributed by atoms with van der Waals surface area (Å²) in [5, 5.41) is 0. The summed E-state index contributed by atoms with van der Waals surface area (Å²) in [7, 11) is 2.22. The number of nitrogen functional groups attached to an aromatic ring is 1. The molecule has 0 atom stereocenters. The molecule has 3 nitrogen and oxygen atoms in total. The summed E-state index contributed by atoms with van der Waals surface area (Å²) < 4.78 is 5.76. The van der Waals surface area contributed by atoms with Crippen LogP contribution in [0.1, 0.15) is 38.5 Å². The van der Waals surface area contributed by atoms with Gasteiger partial charge in [-0.2, -0.15) is 0 Å². The number of likely N-dealkylation sites (N-methyl/N-ethyl adjacent to an activating group) is 1. The maximum atomic E-state index is 5.86. The highest BCUT2D eigenvalue weighted by atomic mass is 16.5. The van der Waals surface area contributed by atoms with E-state index >= 15 is 0 Å². The van der Waals surface area contributed by atoms with E-state index in [0.717, 1.165) is 24.0 Å². The van der Waals surface area contributed by atoms with Gasteiger partial charge >= 0.3 is 0 Å². The Balaban J connectivity index is 1.74. The number of rotatable bonds is 5. The van der Waals surface area contributed by atoms with Crippen molar-refractivity contribution in [1.29, 1.82) is 0 Å². The fraction of sp³-hybridized carbons (Fsp3) is 0.625. The molecule has 1 fully saturated rings. The largest absolute Gasteiger partial charge is 0.490 e. The number of benzene rings is 1. The minimum atomic E-state index is 0.710. The Bertz CT molecular complexity index is 373. The molecule has 0 saturated heterocycles. The summed E-state index contributed by atoms with van der Waals surface area (Å²) in [6.07, 6.45) is 8.24. The van der Waals surface area contributed by atoms with Crippen LogP contribution >= 0.6 is 0 Å². The zero-order chi connectivity index (χ0) is 13.5. The maximum absolute atomic E-state index is 5.86. The van der Waals surface area contributed by atoms with E-state index < -0.39 is 0 Å². The molecule has 1 aliphatic carbocycles. The molecule has 1 saturated carbocycles. The van der Waals surface area contributed by atoms with Crippen molar-refractivity contribution >= 4 is 5.69 Å². The molecule has 0 unspecified atom stereocenters. The third-order valence-corrected chi connectivity index (χ3v) is 4.07. The first-order chi connectivity index (χ1) is 9.27. The molecular formula is C16H26N2O. The Labute approximate surface area is 116 Å². The van der Waals surface area contributed by atoms with E-state index in [4.69, 9.17) is 10.5 Å². The van der Waals surface area contributed by atoms with E-state index in [1.165, 1.54) is 38.5 Å². The van der Waals surface area contributed by atoms with Crippen LogP contribution < -0.4 is 10.5 Å². The first-order valence-corrected chi connectivity index (χ1v) is 7.45. The van der Waals surface area contributed by atoms with Crippen LogP contribution in [-0.2, 0) is 0 Å². The summed E-state index contributed by atoms with van der Waals surface area (Å²) in [4.78, 5) is 2.45. The summed E-state index contributed by atoms with van der Waals surface area (Å²) in [5.74, 6) is 0.803. The molecule has 1 aliphatic rings. The molecule has 0 aliphatic heterocycles. The van der Waals surface area contributed by atoms with E-state index in [1.54, 1.807) is 0 Å². The third kappa shape index (κ3) is 4.43. The first kappa shape index (κ1) is 14.2. The van der Waals surface area contributed by atoms with Crippen molar-refractivity contribution in [2.75, 3.05) is 25.9 Å². The smallest absolute Gasteiger partial charge is 0.142 e. The van der Waals surface area contributed by atoms with Gasteiger partial charge in [0, 0.05) is 12.6 Å². The fourth-order valence-corrected chi connectivity index (χ4v) is 2.79. The van der Waals surface area contributed by atoms with Crippen LogP contribution in [-0.4, -0.2) is 31.1 Å². The van der Waals surface area contributed by atoms with Gasteiger partial charge in [-0.15, -0.1) is 0 Å². The molecule has 0 bridgehead atoms. The van der Waals surface area contributed by atoms with Crippen molar-refractivity contribution in [3.8, 4) is 5.75 Å². The van der Waals surface area contributed by atoms with Crippen LogP contribution in [0.2, 0.25) is 0 Å². The highest BCUT2D eigenvalue weighted by Crippen LogP contribution is 2.22. The lowest BCUT2D eigenvalue weighted by Crippen LogP contribution is -2.34. The lowest BCUT2D eigenvalue weighted by Gasteiger charge is -2.27. The van der Waals surface area contributed by atoms with Gasteiger partial charge in [0.1, 0.15) is 12.4 Å². The standard InChI is InChI=1S/C16H26N2O/c1-18(14-8-4-2-3-5-9-14)12-13-19-16-11-7-6-10-15(16)17/h6-7,10-11,14H,2-5,8-9,12-13,17H2,1H3. The number of ether oxygens (including phenoxy) is 1. The van der Waals surface area contributed by atoms with E-state index in [0.29, 0.717) is 6.61 Å². The van der Waals surface area contributed by atoms with Gasteiger partial charge in [-0.05, 0) is 32.0 Å². The highest BCUT2D eigenvalue weighted by molar-refractivity contribution is 5.51. The van der Waals surface area contributed by atoms with Crippen molar-refractivity contribution in [2.24, 2.45) is 0 Å². The molecule has 0 heterocycles. The lowest BCUT2D eigenvalue weighted by molar-refractivity contribution is 0.179. The summed E-state index contributed by atoms with van der Waals surface area (Å²) in [6, 6.07) is 8.44. The number of hydrogen-bond acceptors (Lipinski definition) is 3. The number of nitrogens with two attached hydrogens (primary N) is 1.